The van der Waals surface area contributed by atoms with Crippen molar-refractivity contribution in [2.45, 2.75) is 96.8 Å². The molecular weight excluding hydrogens is 777 g/mol. The summed E-state index contributed by atoms with van der Waals surface area (Å²) in [6.07, 6.45) is -0.334. The molecule has 1 atom stereocenters. The molecule has 16 heteroatoms. The maximum absolute atomic E-state index is 13.9. The van der Waals surface area contributed by atoms with Crippen LogP contribution in [0.15, 0.2) is 60.7 Å². The Morgan fingerprint density at radius 3 is 2.27 bits per heavy atom. The molecule has 4 aromatic rings. The zero-order chi connectivity index (χ0) is 43.1. The molecule has 14 nitrogen and oxygen atoms in total. The fraction of sp³-hybridized carbons (Fsp3) is 0.455. The number of carboxylic acid groups (broad SMARTS) is 1. The van der Waals surface area contributed by atoms with Gasteiger partial charge in [-0.1, -0.05) is 30.3 Å². The molecule has 1 saturated heterocycles. The summed E-state index contributed by atoms with van der Waals surface area (Å²) < 4.78 is 31.9. The SMILES string of the molecule is Cc1cc(C(=O)NC2CCN(C(=O)O)CC2)ccc1-c1ccc(C[C@H](NC(=O)[C@H]2CC[C@H](CNC(=O)OC(C)(C)C)CC2)C(=O)Nc2ccc3nc(C(F)F)[nH]c3c2)cc1. The number of nitrogens with one attached hydrogen (secondary N) is 5. The molecule has 1 aliphatic carbocycles. The van der Waals surface area contributed by atoms with Crippen LogP contribution in [0.5, 0.6) is 0 Å². The average Bonchev–Trinajstić information content (AvgIpc) is 3.64. The van der Waals surface area contributed by atoms with E-state index < -0.39 is 42.0 Å². The van der Waals surface area contributed by atoms with E-state index in [1.54, 1.807) is 32.9 Å². The number of hydrogen-bond donors (Lipinski definition) is 6. The minimum absolute atomic E-state index is 0.104. The second-order valence-electron chi connectivity index (χ2n) is 16.8. The van der Waals surface area contributed by atoms with Gasteiger partial charge in [0.1, 0.15) is 11.6 Å². The first kappa shape index (κ1) is 43.5. The van der Waals surface area contributed by atoms with Gasteiger partial charge in [0.2, 0.25) is 11.8 Å². The quantitative estimate of drug-likeness (QED) is 0.0853. The molecule has 1 aromatic heterocycles. The van der Waals surface area contributed by atoms with Crippen molar-refractivity contribution in [2.24, 2.45) is 11.8 Å². The van der Waals surface area contributed by atoms with Gasteiger partial charge in [-0.15, -0.1) is 0 Å². The number of carbonyl (C=O) groups excluding carboxylic acids is 4. The molecule has 1 saturated carbocycles. The van der Waals surface area contributed by atoms with E-state index in [0.29, 0.717) is 67.6 Å². The van der Waals surface area contributed by atoms with E-state index in [4.69, 9.17) is 4.74 Å². The lowest BCUT2D eigenvalue weighted by molar-refractivity contribution is -0.130. The van der Waals surface area contributed by atoms with Gasteiger partial charge < -0.3 is 41.0 Å². The number of anilines is 1. The van der Waals surface area contributed by atoms with Gasteiger partial charge in [0.05, 0.1) is 11.0 Å². The van der Waals surface area contributed by atoms with Crippen LogP contribution in [0.3, 0.4) is 0 Å². The fourth-order valence-corrected chi connectivity index (χ4v) is 7.78. The number of piperidine rings is 1. The van der Waals surface area contributed by atoms with Gasteiger partial charge in [-0.2, -0.15) is 0 Å². The van der Waals surface area contributed by atoms with E-state index >= 15 is 0 Å². The summed E-state index contributed by atoms with van der Waals surface area (Å²) in [6.45, 7) is 8.51. The number of amides is 5. The Balaban J connectivity index is 1.11. The van der Waals surface area contributed by atoms with Gasteiger partial charge >= 0.3 is 12.2 Å². The highest BCUT2D eigenvalue weighted by atomic mass is 19.3. The number of halogens is 2. The molecule has 320 valence electrons. The normalized spacial score (nSPS) is 17.8. The summed E-state index contributed by atoms with van der Waals surface area (Å²) in [5.41, 5.74) is 4.38. The number of aryl methyl sites for hydroxylation is 1. The first-order valence-corrected chi connectivity index (χ1v) is 20.4. The number of alkyl carbamates (subject to hydrolysis) is 1. The molecule has 2 heterocycles. The molecule has 0 spiro atoms. The number of H-pyrrole nitrogens is 1. The lowest BCUT2D eigenvalue weighted by Crippen LogP contribution is -2.48. The van der Waals surface area contributed by atoms with Gasteiger partial charge in [-0.3, -0.25) is 14.4 Å². The number of benzene rings is 3. The Labute approximate surface area is 347 Å². The van der Waals surface area contributed by atoms with Crippen LogP contribution in [0, 0.1) is 18.8 Å². The average molecular weight is 830 g/mol. The summed E-state index contributed by atoms with van der Waals surface area (Å²) in [4.78, 5) is 71.9. The molecule has 5 amide bonds. The van der Waals surface area contributed by atoms with Gasteiger partial charge in [0.15, 0.2) is 5.82 Å². The Hall–Kier alpha value is -6.06. The Morgan fingerprint density at radius 1 is 0.933 bits per heavy atom. The van der Waals surface area contributed by atoms with Crippen LogP contribution >= 0.6 is 0 Å². The van der Waals surface area contributed by atoms with Crippen molar-refractivity contribution in [2.75, 3.05) is 25.0 Å². The third kappa shape index (κ3) is 11.6. The maximum atomic E-state index is 13.9. The minimum atomic E-state index is -2.78. The number of ether oxygens (including phenoxy) is 1. The number of imidazole rings is 1. The molecule has 3 aromatic carbocycles. The van der Waals surface area contributed by atoms with Crippen LogP contribution < -0.4 is 21.3 Å². The van der Waals surface area contributed by atoms with Gasteiger partial charge in [-0.05, 0) is 125 Å². The molecule has 60 heavy (non-hydrogen) atoms. The van der Waals surface area contributed by atoms with Crippen LogP contribution in [0.2, 0.25) is 0 Å². The molecule has 0 radical (unpaired) electrons. The van der Waals surface area contributed by atoms with Crippen LogP contribution in [-0.2, 0) is 20.7 Å². The van der Waals surface area contributed by atoms with Crippen molar-refractivity contribution < 1.29 is 42.6 Å². The first-order valence-electron chi connectivity index (χ1n) is 20.4. The predicted octanol–water partition coefficient (Wildman–Crippen LogP) is 7.35. The monoisotopic (exact) mass is 829 g/mol. The van der Waals surface area contributed by atoms with E-state index in [1.165, 1.54) is 17.0 Å². The highest BCUT2D eigenvalue weighted by Crippen LogP contribution is 2.30. The Bertz CT molecular complexity index is 2190. The lowest BCUT2D eigenvalue weighted by atomic mass is 9.81. The third-order valence-corrected chi connectivity index (χ3v) is 11.1. The number of alkyl halides is 2. The highest BCUT2D eigenvalue weighted by molar-refractivity contribution is 5.99. The predicted molar refractivity (Wildman–Crippen MR) is 222 cm³/mol. The van der Waals surface area contributed by atoms with E-state index in [-0.39, 0.29) is 36.1 Å². The number of hydrogen-bond acceptors (Lipinski definition) is 7. The van der Waals surface area contributed by atoms with Crippen LogP contribution in [0.1, 0.15) is 93.0 Å². The first-order chi connectivity index (χ1) is 28.5. The Kier molecular flexibility index (Phi) is 13.7. The Morgan fingerprint density at radius 2 is 1.63 bits per heavy atom. The van der Waals surface area contributed by atoms with Crippen LogP contribution in [0.4, 0.5) is 24.1 Å². The minimum Gasteiger partial charge on any atom is -0.465 e. The van der Waals surface area contributed by atoms with Gasteiger partial charge in [-0.25, -0.2) is 23.4 Å². The zero-order valence-corrected chi connectivity index (χ0v) is 34.3. The third-order valence-electron chi connectivity index (χ3n) is 11.1. The summed E-state index contributed by atoms with van der Waals surface area (Å²) in [5.74, 6) is -1.55. The molecule has 2 aliphatic rings. The number of nitrogens with zero attached hydrogens (tertiary/aromatic N) is 2. The van der Waals surface area contributed by atoms with Gasteiger partial charge in [0, 0.05) is 49.3 Å². The number of rotatable bonds is 12. The summed E-state index contributed by atoms with van der Waals surface area (Å²) >= 11 is 0. The smallest absolute Gasteiger partial charge is 0.407 e. The van der Waals surface area contributed by atoms with E-state index in [2.05, 4.69) is 31.2 Å². The van der Waals surface area contributed by atoms with Crippen molar-refractivity contribution in [3.63, 3.8) is 0 Å². The molecule has 2 fully saturated rings. The highest BCUT2D eigenvalue weighted by Gasteiger charge is 2.31. The maximum Gasteiger partial charge on any atom is 0.407 e. The van der Waals surface area contributed by atoms with E-state index in [1.807, 2.05) is 43.3 Å². The van der Waals surface area contributed by atoms with Crippen molar-refractivity contribution >= 4 is 46.6 Å². The standard InChI is InChI=1S/C44H53F2N7O7/c1-25-21-30(40(55)48-31-17-19-53(20-18-31)43(58)59)13-15-33(25)28-9-5-26(6-10-28)22-36(41(56)49-32-14-16-34-35(23-32)51-38(50-34)37(45)46)52-39(54)29-11-7-27(8-12-29)24-47-42(57)60-44(2,3)4/h5-6,9-10,13-16,21,23,27,29,31,36-37H,7-8,11-12,17-20,22,24H2,1-4H3,(H,47,57)(H,48,55)(H,49,56)(H,50,51)(H,52,54)(H,58,59)/t27-,29-,36-/m0/s1. The molecule has 6 rings (SSSR count). The van der Waals surface area contributed by atoms with E-state index in [0.717, 1.165) is 35.1 Å². The second kappa shape index (κ2) is 18.9. The van der Waals surface area contributed by atoms with Crippen LogP contribution in [0.25, 0.3) is 22.2 Å². The molecular formula is C44H53F2N7O7. The lowest BCUT2D eigenvalue weighted by Gasteiger charge is -2.30. The number of fused-ring (bicyclic) bond motifs is 1. The van der Waals surface area contributed by atoms with Crippen molar-refractivity contribution in [1.29, 1.82) is 0 Å². The largest absolute Gasteiger partial charge is 0.465 e. The van der Waals surface area contributed by atoms with Crippen molar-refractivity contribution in [1.82, 2.24) is 30.8 Å². The zero-order valence-electron chi connectivity index (χ0n) is 34.3. The number of likely N-dealkylation sites (tertiary alicyclic amines) is 1. The summed E-state index contributed by atoms with van der Waals surface area (Å²) in [6, 6.07) is 16.6. The number of aromatic amines is 1. The molecule has 6 N–H and O–H groups in total. The second-order valence-corrected chi connectivity index (χ2v) is 16.8. The summed E-state index contributed by atoms with van der Waals surface area (Å²) in [5, 5.41) is 20.9. The number of aromatic nitrogens is 2. The summed E-state index contributed by atoms with van der Waals surface area (Å²) in [7, 11) is 0. The number of carbonyl (C=O) groups is 5. The van der Waals surface area contributed by atoms with Gasteiger partial charge in [0.25, 0.3) is 12.3 Å². The topological polar surface area (TPSA) is 195 Å². The fourth-order valence-electron chi connectivity index (χ4n) is 7.78. The van der Waals surface area contributed by atoms with Crippen molar-refractivity contribution in [3.05, 3.63) is 83.2 Å². The van der Waals surface area contributed by atoms with Crippen molar-refractivity contribution in [3.8, 4) is 11.1 Å². The molecule has 1 aliphatic heterocycles. The molecule has 0 unspecified atom stereocenters. The van der Waals surface area contributed by atoms with E-state index in [9.17, 15) is 37.9 Å². The van der Waals surface area contributed by atoms with Crippen LogP contribution in [-0.4, -0.2) is 87.2 Å². The molecule has 0 bridgehead atoms.